The number of rotatable bonds is 4. The van der Waals surface area contributed by atoms with Gasteiger partial charge in [-0.15, -0.1) is 6.58 Å². The molecule has 0 aromatic heterocycles. The zero-order chi connectivity index (χ0) is 6.41. The lowest BCUT2D eigenvalue weighted by molar-refractivity contribution is -0.114. The number of allylic oxidation sites excluding steroid dienone is 1. The highest BCUT2D eigenvalue weighted by atomic mass is 16.1. The molecular weight excluding hydrogens is 100 g/mol. The maximum Gasteiger partial charge on any atom is 0.133 e. The van der Waals surface area contributed by atoms with Crippen LogP contribution in [0.4, 0.5) is 0 Å². The molecule has 0 aliphatic heterocycles. The van der Waals surface area contributed by atoms with Crippen LogP contribution in [0.3, 0.4) is 0 Å². The molecule has 45 valence electrons. The van der Waals surface area contributed by atoms with E-state index in [1.54, 1.807) is 0 Å². The van der Waals surface area contributed by atoms with Gasteiger partial charge in [-0.1, -0.05) is 6.08 Å². The molecule has 0 heterocycles. The van der Waals surface area contributed by atoms with E-state index < -0.39 is 0 Å². The average molecular weight is 111 g/mol. The second-order valence-corrected chi connectivity index (χ2v) is 1.72. The summed E-state index contributed by atoms with van der Waals surface area (Å²) in [7, 11) is 0. The molecule has 0 fully saturated rings. The van der Waals surface area contributed by atoms with Crippen molar-refractivity contribution in [3.63, 3.8) is 0 Å². The van der Waals surface area contributed by atoms with E-state index in [0.717, 1.165) is 12.8 Å². The predicted molar refractivity (Wildman–Crippen MR) is 34.4 cm³/mol. The van der Waals surface area contributed by atoms with Crippen LogP contribution in [0.5, 0.6) is 0 Å². The van der Waals surface area contributed by atoms with Gasteiger partial charge in [0.25, 0.3) is 0 Å². The zero-order valence-electron chi connectivity index (χ0n) is 5.02. The SMILES string of the molecule is [CH2]C(=O)CCCC=C. The number of Topliss-reactive ketones (excluding diaryl/α,β-unsaturated/α-hetero) is 1. The average Bonchev–Trinajstić information content (AvgIpc) is 1.66. The monoisotopic (exact) mass is 111 g/mol. The van der Waals surface area contributed by atoms with Crippen LogP contribution in [0.15, 0.2) is 12.7 Å². The smallest absolute Gasteiger partial charge is 0.133 e. The molecule has 0 aliphatic rings. The first-order valence-corrected chi connectivity index (χ1v) is 2.73. The molecule has 0 N–H and O–H groups in total. The molecule has 8 heavy (non-hydrogen) atoms. The van der Waals surface area contributed by atoms with Gasteiger partial charge in [-0.25, -0.2) is 0 Å². The first-order chi connectivity index (χ1) is 3.77. The van der Waals surface area contributed by atoms with Crippen molar-refractivity contribution < 1.29 is 4.79 Å². The Bertz CT molecular complexity index is 84.4. The fourth-order valence-corrected chi connectivity index (χ4v) is 0.444. The minimum atomic E-state index is 0.0202. The second kappa shape index (κ2) is 4.57. The summed E-state index contributed by atoms with van der Waals surface area (Å²) in [5, 5.41) is 0. The molecule has 0 aromatic rings. The van der Waals surface area contributed by atoms with Crippen LogP contribution >= 0.6 is 0 Å². The van der Waals surface area contributed by atoms with Gasteiger partial charge in [0.15, 0.2) is 0 Å². The molecule has 0 unspecified atom stereocenters. The highest BCUT2D eigenvalue weighted by molar-refractivity contribution is 5.82. The number of carbonyl (C=O) groups excluding carboxylic acids is 1. The van der Waals surface area contributed by atoms with Gasteiger partial charge in [0.05, 0.1) is 0 Å². The Kier molecular flexibility index (Phi) is 4.23. The largest absolute Gasteiger partial charge is 0.300 e. The third kappa shape index (κ3) is 5.41. The molecule has 0 saturated heterocycles. The zero-order valence-corrected chi connectivity index (χ0v) is 5.02. The first-order valence-electron chi connectivity index (χ1n) is 2.73. The number of unbranched alkanes of at least 4 members (excludes halogenated alkanes) is 1. The number of ketones is 1. The maximum absolute atomic E-state index is 10.2. The van der Waals surface area contributed by atoms with Crippen LogP contribution in [0, 0.1) is 6.92 Å². The van der Waals surface area contributed by atoms with Crippen molar-refractivity contribution in [3.05, 3.63) is 19.6 Å². The molecule has 1 nitrogen and oxygen atoms in total. The van der Waals surface area contributed by atoms with Crippen molar-refractivity contribution >= 4 is 5.78 Å². The minimum absolute atomic E-state index is 0.0202. The summed E-state index contributed by atoms with van der Waals surface area (Å²) in [5.41, 5.74) is 0. The van der Waals surface area contributed by atoms with Gasteiger partial charge in [0, 0.05) is 13.3 Å². The summed E-state index contributed by atoms with van der Waals surface area (Å²) >= 11 is 0. The van der Waals surface area contributed by atoms with E-state index in [2.05, 4.69) is 13.5 Å². The quantitative estimate of drug-likeness (QED) is 0.399. The van der Waals surface area contributed by atoms with Gasteiger partial charge in [-0.3, -0.25) is 4.79 Å². The Morgan fingerprint density at radius 1 is 1.62 bits per heavy atom. The minimum Gasteiger partial charge on any atom is -0.300 e. The third-order valence-corrected chi connectivity index (χ3v) is 0.864. The van der Waals surface area contributed by atoms with Crippen LogP contribution < -0.4 is 0 Å². The van der Waals surface area contributed by atoms with Crippen LogP contribution in [0.1, 0.15) is 19.3 Å². The van der Waals surface area contributed by atoms with Crippen LogP contribution in [0.2, 0.25) is 0 Å². The lowest BCUT2D eigenvalue weighted by Crippen LogP contribution is -1.87. The summed E-state index contributed by atoms with van der Waals surface area (Å²) in [4.78, 5) is 10.2. The fourth-order valence-electron chi connectivity index (χ4n) is 0.444. The standard InChI is InChI=1S/C7H11O/c1-3-4-5-6-7(2)8/h3H,1-2,4-6H2. The first kappa shape index (κ1) is 7.41. The number of hydrogen-bond donors (Lipinski definition) is 0. The second-order valence-electron chi connectivity index (χ2n) is 1.72. The van der Waals surface area contributed by atoms with Crippen molar-refractivity contribution in [2.45, 2.75) is 19.3 Å². The molecular formula is C7H11O. The molecule has 1 radical (unpaired) electrons. The van der Waals surface area contributed by atoms with Crippen LogP contribution in [-0.2, 0) is 4.79 Å². The van der Waals surface area contributed by atoms with E-state index in [4.69, 9.17) is 0 Å². The van der Waals surface area contributed by atoms with Crippen molar-refractivity contribution in [1.29, 1.82) is 0 Å². The van der Waals surface area contributed by atoms with Crippen molar-refractivity contribution in [2.24, 2.45) is 0 Å². The Balaban J connectivity index is 2.93. The Hall–Kier alpha value is -0.590. The van der Waals surface area contributed by atoms with Gasteiger partial charge >= 0.3 is 0 Å². The summed E-state index contributed by atoms with van der Waals surface area (Å²) in [5.74, 6) is 0.0202. The summed E-state index contributed by atoms with van der Waals surface area (Å²) in [6.45, 7) is 6.76. The van der Waals surface area contributed by atoms with E-state index in [0.29, 0.717) is 6.42 Å². The molecule has 1 heteroatoms. The van der Waals surface area contributed by atoms with Gasteiger partial charge in [0.1, 0.15) is 5.78 Å². The molecule has 0 aromatic carbocycles. The highest BCUT2D eigenvalue weighted by Gasteiger charge is 1.88. The van der Waals surface area contributed by atoms with Crippen molar-refractivity contribution in [3.8, 4) is 0 Å². The van der Waals surface area contributed by atoms with Crippen molar-refractivity contribution in [1.82, 2.24) is 0 Å². The van der Waals surface area contributed by atoms with E-state index in [1.165, 1.54) is 0 Å². The summed E-state index contributed by atoms with van der Waals surface area (Å²) < 4.78 is 0. The molecule has 0 bridgehead atoms. The maximum atomic E-state index is 10.2. The Labute approximate surface area is 50.4 Å². The summed E-state index contributed by atoms with van der Waals surface area (Å²) in [6, 6.07) is 0. The molecule has 0 spiro atoms. The predicted octanol–water partition coefficient (Wildman–Crippen LogP) is 1.75. The highest BCUT2D eigenvalue weighted by Crippen LogP contribution is 1.94. The van der Waals surface area contributed by atoms with Crippen LogP contribution in [-0.4, -0.2) is 5.78 Å². The van der Waals surface area contributed by atoms with Crippen LogP contribution in [0.25, 0.3) is 0 Å². The third-order valence-electron chi connectivity index (χ3n) is 0.864. The van der Waals surface area contributed by atoms with Gasteiger partial charge in [-0.2, -0.15) is 0 Å². The normalized spacial score (nSPS) is 8.62. The molecule has 0 atom stereocenters. The van der Waals surface area contributed by atoms with E-state index in [1.807, 2.05) is 6.08 Å². The van der Waals surface area contributed by atoms with Gasteiger partial charge < -0.3 is 0 Å². The van der Waals surface area contributed by atoms with Gasteiger partial charge in [-0.05, 0) is 12.8 Å². The Morgan fingerprint density at radius 3 is 2.62 bits per heavy atom. The number of carbonyl (C=O) groups is 1. The fraction of sp³-hybridized carbons (Fsp3) is 0.429. The molecule has 0 saturated carbocycles. The number of hydrogen-bond acceptors (Lipinski definition) is 1. The lowest BCUT2D eigenvalue weighted by atomic mass is 10.2. The van der Waals surface area contributed by atoms with E-state index in [-0.39, 0.29) is 5.78 Å². The topological polar surface area (TPSA) is 17.1 Å². The summed E-state index contributed by atoms with van der Waals surface area (Å²) in [6.07, 6.45) is 4.21. The van der Waals surface area contributed by atoms with Gasteiger partial charge in [0.2, 0.25) is 0 Å². The van der Waals surface area contributed by atoms with Crippen molar-refractivity contribution in [2.75, 3.05) is 0 Å². The lowest BCUT2D eigenvalue weighted by Gasteiger charge is -1.87. The molecule has 0 rings (SSSR count). The van der Waals surface area contributed by atoms with E-state index in [9.17, 15) is 4.79 Å². The molecule has 0 aliphatic carbocycles. The van der Waals surface area contributed by atoms with E-state index >= 15 is 0 Å². The Morgan fingerprint density at radius 2 is 2.25 bits per heavy atom. The molecule has 0 amide bonds.